The van der Waals surface area contributed by atoms with Crippen LogP contribution in [0.3, 0.4) is 0 Å². The van der Waals surface area contributed by atoms with Crippen LogP contribution in [0.4, 0.5) is 0 Å². The molecule has 0 bridgehead atoms. The van der Waals surface area contributed by atoms with Crippen LogP contribution in [0.15, 0.2) is 24.3 Å². The first kappa shape index (κ1) is 29.9. The molecular weight excluding hydrogens is 494 g/mol. The molecule has 3 fully saturated rings. The molecule has 10 nitrogen and oxygen atoms in total. The van der Waals surface area contributed by atoms with Crippen molar-refractivity contribution < 1.29 is 45.0 Å². The fraction of sp³-hybridized carbons (Fsp3) is 0.679. The van der Waals surface area contributed by atoms with Gasteiger partial charge in [-0.15, -0.1) is 0 Å². The van der Waals surface area contributed by atoms with Gasteiger partial charge in [0.05, 0.1) is 18.4 Å². The molecule has 0 amide bonds. The number of aliphatic carboxylic acids is 3. The maximum Gasteiger partial charge on any atom is 0.336 e. The number of hydrogen-bond acceptors (Lipinski definition) is 7. The molecule has 3 atom stereocenters. The highest BCUT2D eigenvalue weighted by molar-refractivity contribution is 5.88. The lowest BCUT2D eigenvalue weighted by atomic mass is 9.81. The third-order valence-corrected chi connectivity index (χ3v) is 8.70. The summed E-state index contributed by atoms with van der Waals surface area (Å²) in [7, 11) is 0. The van der Waals surface area contributed by atoms with Crippen LogP contribution < -0.4 is 0 Å². The molecule has 2 saturated carbocycles. The molecule has 1 aliphatic heterocycles. The number of fused-ring (bicyclic) bond motifs is 1. The van der Waals surface area contributed by atoms with Crippen LogP contribution in [0.1, 0.15) is 82.6 Å². The van der Waals surface area contributed by atoms with E-state index in [0.717, 1.165) is 38.1 Å². The zero-order chi connectivity index (χ0) is 28.1. The summed E-state index contributed by atoms with van der Waals surface area (Å²) in [4.78, 5) is 33.1. The predicted octanol–water partition coefficient (Wildman–Crippen LogP) is 3.04. The average molecular weight is 536 g/mol. The first-order chi connectivity index (χ1) is 17.8. The van der Waals surface area contributed by atoms with E-state index in [2.05, 4.69) is 17.9 Å². The largest absolute Gasteiger partial charge is 0.508 e. The van der Waals surface area contributed by atoms with Crippen molar-refractivity contribution in [2.24, 2.45) is 11.3 Å². The smallest absolute Gasteiger partial charge is 0.336 e. The van der Waals surface area contributed by atoms with Crippen molar-refractivity contribution in [1.29, 1.82) is 0 Å². The lowest BCUT2D eigenvalue weighted by Gasteiger charge is -2.33. The van der Waals surface area contributed by atoms with E-state index >= 15 is 0 Å². The zero-order valence-corrected chi connectivity index (χ0v) is 22.0. The van der Waals surface area contributed by atoms with Crippen molar-refractivity contribution in [2.75, 3.05) is 19.6 Å². The second-order valence-electron chi connectivity index (χ2n) is 11.4. The summed E-state index contributed by atoms with van der Waals surface area (Å²) >= 11 is 0. The summed E-state index contributed by atoms with van der Waals surface area (Å²) in [6.07, 6.45) is 6.75. The van der Waals surface area contributed by atoms with Crippen molar-refractivity contribution in [3.63, 3.8) is 0 Å². The molecule has 3 unspecified atom stereocenters. The Kier molecular flexibility index (Phi) is 9.43. The minimum absolute atomic E-state index is 0.368. The van der Waals surface area contributed by atoms with E-state index in [1.807, 2.05) is 12.1 Å². The molecule has 0 spiro atoms. The van der Waals surface area contributed by atoms with Crippen LogP contribution >= 0.6 is 0 Å². The minimum atomic E-state index is -2.74. The van der Waals surface area contributed by atoms with Gasteiger partial charge in [0.25, 0.3) is 0 Å². The maximum absolute atomic E-state index is 10.7. The van der Waals surface area contributed by atoms with E-state index in [9.17, 15) is 24.6 Å². The van der Waals surface area contributed by atoms with Gasteiger partial charge in [-0.3, -0.25) is 9.59 Å². The van der Waals surface area contributed by atoms with Crippen molar-refractivity contribution in [3.8, 4) is 5.75 Å². The second-order valence-corrected chi connectivity index (χ2v) is 11.4. The number of hydrogen-bond donors (Lipinski definition) is 6. The van der Waals surface area contributed by atoms with Gasteiger partial charge in [-0.25, -0.2) is 4.79 Å². The maximum atomic E-state index is 10.7. The molecule has 2 aliphatic carbocycles. The molecule has 0 radical (unpaired) electrons. The standard InChI is InChI=1S/C22H33NO2.C6H8O7/c1-2-22-16-23(13-7-12-21(25)10-4-3-5-11-21)15-19(22)20(22)17-8-6-9-18(24)14-17;7-3(8)1-6(13,5(11)12)2-4(9)10/h6,8-9,14,19-20,24-25H,2-5,7,10-13,15-16H2,1H3;13H,1-2H2,(H,7,8)(H,9,10)(H,11,12). The molecule has 10 heteroatoms. The summed E-state index contributed by atoms with van der Waals surface area (Å²) in [6.45, 7) is 5.83. The lowest BCUT2D eigenvalue weighted by Crippen LogP contribution is -2.42. The Morgan fingerprint density at radius 1 is 1.05 bits per heavy atom. The van der Waals surface area contributed by atoms with Crippen molar-refractivity contribution in [1.82, 2.24) is 4.90 Å². The molecule has 6 N–H and O–H groups in total. The minimum Gasteiger partial charge on any atom is -0.508 e. The number of carboxylic acid groups (broad SMARTS) is 3. The van der Waals surface area contributed by atoms with Gasteiger partial charge in [0.15, 0.2) is 5.60 Å². The first-order valence-electron chi connectivity index (χ1n) is 13.5. The number of carboxylic acids is 3. The SMILES string of the molecule is CCC12CN(CCCC3(O)CCCCC3)CC1C2c1cccc(O)c1.O=C(O)CC(O)(CC(=O)O)C(=O)O. The summed E-state index contributed by atoms with van der Waals surface area (Å²) in [5.74, 6) is -3.25. The highest BCUT2D eigenvalue weighted by atomic mass is 16.4. The number of aromatic hydroxyl groups is 1. The van der Waals surface area contributed by atoms with E-state index in [1.165, 1.54) is 44.3 Å². The van der Waals surface area contributed by atoms with Gasteiger partial charge in [-0.1, -0.05) is 38.3 Å². The lowest BCUT2D eigenvalue weighted by molar-refractivity contribution is -0.170. The van der Waals surface area contributed by atoms with Crippen LogP contribution in [-0.2, 0) is 14.4 Å². The molecule has 1 aromatic rings. The molecular formula is C28H41NO9. The van der Waals surface area contributed by atoms with Gasteiger partial charge in [-0.2, -0.15) is 0 Å². The third-order valence-electron chi connectivity index (χ3n) is 8.70. The van der Waals surface area contributed by atoms with Crippen LogP contribution in [0.25, 0.3) is 0 Å². The second kappa shape index (κ2) is 12.0. The van der Waals surface area contributed by atoms with Crippen molar-refractivity contribution in [3.05, 3.63) is 29.8 Å². The van der Waals surface area contributed by atoms with Crippen molar-refractivity contribution in [2.45, 2.75) is 88.3 Å². The highest BCUT2D eigenvalue weighted by Gasteiger charge is 2.67. The molecule has 1 heterocycles. The molecule has 1 aromatic carbocycles. The van der Waals surface area contributed by atoms with E-state index < -0.39 is 36.4 Å². The summed E-state index contributed by atoms with van der Waals surface area (Å²) in [6, 6.07) is 7.89. The van der Waals surface area contributed by atoms with Crippen LogP contribution in [0.5, 0.6) is 5.75 Å². The molecule has 38 heavy (non-hydrogen) atoms. The monoisotopic (exact) mass is 535 g/mol. The Morgan fingerprint density at radius 3 is 2.18 bits per heavy atom. The zero-order valence-electron chi connectivity index (χ0n) is 22.0. The van der Waals surface area contributed by atoms with E-state index in [4.69, 9.17) is 20.4 Å². The van der Waals surface area contributed by atoms with Gasteiger partial charge in [0.2, 0.25) is 0 Å². The number of rotatable bonds is 11. The Bertz CT molecular complexity index is 990. The number of phenolic OH excluding ortho intramolecular Hbond substituents is 1. The van der Waals surface area contributed by atoms with E-state index in [-0.39, 0.29) is 5.60 Å². The quantitative estimate of drug-likeness (QED) is 0.247. The Morgan fingerprint density at radius 2 is 1.68 bits per heavy atom. The third kappa shape index (κ3) is 7.03. The topological polar surface area (TPSA) is 176 Å². The summed E-state index contributed by atoms with van der Waals surface area (Å²) in [5.41, 5.74) is -1.36. The van der Waals surface area contributed by atoms with E-state index in [0.29, 0.717) is 17.1 Å². The summed E-state index contributed by atoms with van der Waals surface area (Å²) < 4.78 is 0. The Balaban J connectivity index is 0.000000263. The Hall–Kier alpha value is -2.69. The molecule has 0 aromatic heterocycles. The van der Waals surface area contributed by atoms with Crippen molar-refractivity contribution >= 4 is 17.9 Å². The van der Waals surface area contributed by atoms with Crippen LogP contribution in [-0.4, -0.2) is 84.3 Å². The number of phenols is 1. The van der Waals surface area contributed by atoms with Crippen LogP contribution in [0, 0.1) is 11.3 Å². The van der Waals surface area contributed by atoms with Gasteiger partial charge in [0.1, 0.15) is 5.75 Å². The number of benzene rings is 1. The summed E-state index contributed by atoms with van der Waals surface area (Å²) in [5, 5.41) is 54.3. The molecule has 3 aliphatic rings. The Labute approximate surface area is 222 Å². The predicted molar refractivity (Wildman–Crippen MR) is 138 cm³/mol. The number of piperidine rings is 1. The van der Waals surface area contributed by atoms with E-state index in [1.54, 1.807) is 6.07 Å². The molecule has 212 valence electrons. The number of likely N-dealkylation sites (tertiary alicyclic amines) is 1. The normalized spacial score (nSPS) is 26.1. The highest BCUT2D eigenvalue weighted by Crippen LogP contribution is 2.70. The fourth-order valence-corrected chi connectivity index (χ4v) is 6.69. The van der Waals surface area contributed by atoms with Gasteiger partial charge in [0, 0.05) is 13.1 Å². The van der Waals surface area contributed by atoms with Gasteiger partial charge < -0.3 is 35.5 Å². The number of aliphatic hydroxyl groups is 2. The average Bonchev–Trinajstić information content (AvgIpc) is 3.28. The van der Waals surface area contributed by atoms with Gasteiger partial charge in [-0.05, 0) is 73.6 Å². The van der Waals surface area contributed by atoms with Crippen LogP contribution in [0.2, 0.25) is 0 Å². The molecule has 1 saturated heterocycles. The van der Waals surface area contributed by atoms with Gasteiger partial charge >= 0.3 is 17.9 Å². The number of nitrogens with zero attached hydrogens (tertiary/aromatic N) is 1. The first-order valence-corrected chi connectivity index (χ1v) is 13.5. The molecule has 4 rings (SSSR count). The number of carbonyl (C=O) groups is 3. The fourth-order valence-electron chi connectivity index (χ4n) is 6.69.